The number of thioether (sulfide) groups is 1. The maximum atomic E-state index is 10.9. The summed E-state index contributed by atoms with van der Waals surface area (Å²) in [5.41, 5.74) is 3.18. The fourth-order valence-corrected chi connectivity index (χ4v) is 3.51. The lowest BCUT2D eigenvalue weighted by Gasteiger charge is -2.25. The van der Waals surface area contributed by atoms with Crippen molar-refractivity contribution in [2.24, 2.45) is 0 Å². The number of aliphatic carboxylic acids is 1. The second kappa shape index (κ2) is 6.07. The molecule has 2 heterocycles. The summed E-state index contributed by atoms with van der Waals surface area (Å²) in [6.07, 6.45) is 1.89. The quantitative estimate of drug-likeness (QED) is 0.880. The second-order valence-corrected chi connectivity index (χ2v) is 6.23. The molecule has 1 saturated heterocycles. The molecular weight excluding hydrogens is 288 g/mol. The molecule has 0 radical (unpaired) electrons. The molecule has 0 unspecified atom stereocenters. The highest BCUT2D eigenvalue weighted by Crippen LogP contribution is 2.32. The van der Waals surface area contributed by atoms with Crippen molar-refractivity contribution in [2.75, 3.05) is 19.0 Å². The number of carboxylic acids is 1. The molecule has 0 bridgehead atoms. The number of carboxylic acid groups (broad SMARTS) is 1. The van der Waals surface area contributed by atoms with E-state index >= 15 is 0 Å². The Morgan fingerprint density at radius 3 is 2.95 bits per heavy atom. The van der Waals surface area contributed by atoms with Crippen LogP contribution in [0.2, 0.25) is 0 Å². The van der Waals surface area contributed by atoms with E-state index < -0.39 is 5.97 Å². The first kappa shape index (κ1) is 14.4. The molecule has 3 rings (SSSR count). The van der Waals surface area contributed by atoms with E-state index in [-0.39, 0.29) is 5.75 Å². The highest BCUT2D eigenvalue weighted by atomic mass is 32.2. The summed E-state index contributed by atoms with van der Waals surface area (Å²) >= 11 is 1.29. The van der Waals surface area contributed by atoms with E-state index in [0.29, 0.717) is 6.04 Å². The number of nitrogens with zero attached hydrogens (tertiary/aromatic N) is 2. The van der Waals surface area contributed by atoms with E-state index in [1.807, 2.05) is 6.92 Å². The number of imidazole rings is 1. The van der Waals surface area contributed by atoms with Crippen LogP contribution in [0.3, 0.4) is 0 Å². The molecule has 0 amide bonds. The zero-order chi connectivity index (χ0) is 14.8. The van der Waals surface area contributed by atoms with Crippen LogP contribution in [0.25, 0.3) is 11.0 Å². The van der Waals surface area contributed by atoms with Crippen LogP contribution in [-0.2, 0) is 9.53 Å². The van der Waals surface area contributed by atoms with Gasteiger partial charge in [-0.2, -0.15) is 0 Å². The van der Waals surface area contributed by atoms with Gasteiger partial charge >= 0.3 is 5.97 Å². The van der Waals surface area contributed by atoms with Crippen molar-refractivity contribution in [3.05, 3.63) is 23.8 Å². The number of hydrogen-bond donors (Lipinski definition) is 1. The van der Waals surface area contributed by atoms with Gasteiger partial charge in [0.1, 0.15) is 0 Å². The van der Waals surface area contributed by atoms with Crippen LogP contribution in [-0.4, -0.2) is 39.6 Å². The summed E-state index contributed by atoms with van der Waals surface area (Å²) in [5.74, 6) is -0.785. The van der Waals surface area contributed by atoms with Gasteiger partial charge in [-0.05, 0) is 37.5 Å². The predicted octanol–water partition coefficient (Wildman–Crippen LogP) is 2.87. The zero-order valence-electron chi connectivity index (χ0n) is 11.9. The lowest BCUT2D eigenvalue weighted by atomic mass is 10.1. The van der Waals surface area contributed by atoms with Crippen LogP contribution < -0.4 is 0 Å². The average Bonchev–Trinajstić information content (AvgIpc) is 2.83. The fraction of sp³-hybridized carbons (Fsp3) is 0.467. The molecule has 1 aliphatic rings. The van der Waals surface area contributed by atoms with Gasteiger partial charge < -0.3 is 14.4 Å². The molecular formula is C15H18N2O3S. The molecule has 5 nitrogen and oxygen atoms in total. The number of hydrogen-bond acceptors (Lipinski definition) is 4. The summed E-state index contributed by atoms with van der Waals surface area (Å²) in [6.45, 7) is 3.54. The van der Waals surface area contributed by atoms with Crippen molar-refractivity contribution in [1.29, 1.82) is 0 Å². The standard InChI is InChI=1S/C15H18N2O3S/c1-10-2-3-13-12(8-10)16-15(21-9-14(18)19)17(13)11-4-6-20-7-5-11/h2-3,8,11H,4-7,9H2,1H3,(H,18,19). The summed E-state index contributed by atoms with van der Waals surface area (Å²) in [4.78, 5) is 15.5. The lowest BCUT2D eigenvalue weighted by molar-refractivity contribution is -0.133. The van der Waals surface area contributed by atoms with E-state index in [2.05, 4.69) is 27.8 Å². The van der Waals surface area contributed by atoms with Crippen molar-refractivity contribution >= 4 is 28.8 Å². The number of fused-ring (bicyclic) bond motifs is 1. The third-order valence-electron chi connectivity index (χ3n) is 3.69. The molecule has 1 aliphatic heterocycles. The third kappa shape index (κ3) is 3.06. The second-order valence-electron chi connectivity index (χ2n) is 5.28. The SMILES string of the molecule is Cc1ccc2c(c1)nc(SCC(=O)O)n2C1CCOCC1. The van der Waals surface area contributed by atoms with Crippen molar-refractivity contribution < 1.29 is 14.6 Å². The molecule has 0 saturated carbocycles. The lowest BCUT2D eigenvalue weighted by Crippen LogP contribution is -2.20. The molecule has 0 atom stereocenters. The van der Waals surface area contributed by atoms with Crippen LogP contribution in [0.5, 0.6) is 0 Å². The van der Waals surface area contributed by atoms with Gasteiger partial charge in [0.25, 0.3) is 0 Å². The van der Waals surface area contributed by atoms with Crippen molar-refractivity contribution in [3.63, 3.8) is 0 Å². The normalized spacial score (nSPS) is 16.4. The van der Waals surface area contributed by atoms with Gasteiger partial charge in [-0.15, -0.1) is 0 Å². The van der Waals surface area contributed by atoms with Crippen molar-refractivity contribution in [3.8, 4) is 0 Å². The minimum absolute atomic E-state index is 0.0333. The fourth-order valence-electron chi connectivity index (χ4n) is 2.71. The molecule has 1 fully saturated rings. The highest BCUT2D eigenvalue weighted by molar-refractivity contribution is 7.99. The van der Waals surface area contributed by atoms with Crippen LogP contribution >= 0.6 is 11.8 Å². The Balaban J connectivity index is 2.03. The van der Waals surface area contributed by atoms with Gasteiger partial charge in [0.2, 0.25) is 0 Å². The topological polar surface area (TPSA) is 64.3 Å². The Kier molecular flexibility index (Phi) is 4.17. The number of benzene rings is 1. The summed E-state index contributed by atoms with van der Waals surface area (Å²) in [5, 5.41) is 9.71. The van der Waals surface area contributed by atoms with Crippen LogP contribution in [0.15, 0.2) is 23.4 Å². The first-order valence-electron chi connectivity index (χ1n) is 7.06. The van der Waals surface area contributed by atoms with Crippen LogP contribution in [0.1, 0.15) is 24.4 Å². The summed E-state index contributed by atoms with van der Waals surface area (Å²) in [7, 11) is 0. The van der Waals surface area contributed by atoms with Gasteiger partial charge in [0.15, 0.2) is 5.16 Å². The van der Waals surface area contributed by atoms with Gasteiger partial charge in [-0.25, -0.2) is 4.98 Å². The molecule has 6 heteroatoms. The number of rotatable bonds is 4. The van der Waals surface area contributed by atoms with Crippen LogP contribution in [0.4, 0.5) is 0 Å². The minimum Gasteiger partial charge on any atom is -0.481 e. The van der Waals surface area contributed by atoms with E-state index in [0.717, 1.165) is 47.8 Å². The monoisotopic (exact) mass is 306 g/mol. The Bertz CT molecular complexity index is 662. The number of aromatic nitrogens is 2. The Morgan fingerprint density at radius 1 is 1.48 bits per heavy atom. The predicted molar refractivity (Wildman–Crippen MR) is 81.9 cm³/mol. The number of aryl methyl sites for hydroxylation is 1. The molecule has 0 aliphatic carbocycles. The van der Waals surface area contributed by atoms with Crippen molar-refractivity contribution in [1.82, 2.24) is 9.55 Å². The smallest absolute Gasteiger partial charge is 0.313 e. The third-order valence-corrected chi connectivity index (χ3v) is 4.63. The van der Waals surface area contributed by atoms with Crippen molar-refractivity contribution in [2.45, 2.75) is 31.0 Å². The maximum absolute atomic E-state index is 10.9. The first-order valence-corrected chi connectivity index (χ1v) is 8.04. The van der Waals surface area contributed by atoms with Gasteiger partial charge in [0, 0.05) is 19.3 Å². The zero-order valence-corrected chi connectivity index (χ0v) is 12.7. The van der Waals surface area contributed by atoms with Gasteiger partial charge in [0.05, 0.1) is 16.8 Å². The molecule has 21 heavy (non-hydrogen) atoms. The molecule has 0 spiro atoms. The Labute approximate surface area is 127 Å². The molecule has 1 aromatic heterocycles. The number of ether oxygens (including phenoxy) is 1. The molecule has 2 aromatic rings. The molecule has 1 aromatic carbocycles. The van der Waals surface area contributed by atoms with Crippen LogP contribution in [0, 0.1) is 6.92 Å². The van der Waals surface area contributed by atoms with E-state index in [9.17, 15) is 4.79 Å². The average molecular weight is 306 g/mol. The highest BCUT2D eigenvalue weighted by Gasteiger charge is 2.22. The molecule has 1 N–H and O–H groups in total. The minimum atomic E-state index is -0.818. The van der Waals surface area contributed by atoms with E-state index in [1.165, 1.54) is 11.8 Å². The number of carbonyl (C=O) groups is 1. The summed E-state index contributed by atoms with van der Waals surface area (Å²) < 4.78 is 7.63. The van der Waals surface area contributed by atoms with E-state index in [1.54, 1.807) is 0 Å². The van der Waals surface area contributed by atoms with Gasteiger partial charge in [-0.1, -0.05) is 17.8 Å². The largest absolute Gasteiger partial charge is 0.481 e. The van der Waals surface area contributed by atoms with E-state index in [4.69, 9.17) is 9.84 Å². The Hall–Kier alpha value is -1.53. The summed E-state index contributed by atoms with van der Waals surface area (Å²) in [6, 6.07) is 6.54. The maximum Gasteiger partial charge on any atom is 0.313 e. The first-order chi connectivity index (χ1) is 10.1. The van der Waals surface area contributed by atoms with Gasteiger partial charge in [-0.3, -0.25) is 4.79 Å². The molecule has 112 valence electrons. The Morgan fingerprint density at radius 2 is 2.24 bits per heavy atom.